The first-order chi connectivity index (χ1) is 12.5. The zero-order valence-corrected chi connectivity index (χ0v) is 14.5. The van der Waals surface area contributed by atoms with E-state index in [0.29, 0.717) is 24.4 Å². The van der Waals surface area contributed by atoms with E-state index in [2.05, 4.69) is 10.6 Å². The second kappa shape index (κ2) is 7.83. The SMILES string of the molecule is O=C(NCCc1cccc(Cl)c1)C1CC1C(=O)Nc1c(F)cccc1F. The molecule has 136 valence electrons. The van der Waals surface area contributed by atoms with Crippen molar-refractivity contribution in [2.45, 2.75) is 12.8 Å². The van der Waals surface area contributed by atoms with Gasteiger partial charge in [0.2, 0.25) is 11.8 Å². The highest BCUT2D eigenvalue weighted by Crippen LogP contribution is 2.39. The fraction of sp³-hybridized carbons (Fsp3) is 0.263. The molecule has 0 radical (unpaired) electrons. The number of benzene rings is 2. The molecule has 0 spiro atoms. The molecule has 1 aliphatic rings. The molecular weight excluding hydrogens is 362 g/mol. The van der Waals surface area contributed by atoms with Crippen LogP contribution >= 0.6 is 11.6 Å². The number of hydrogen-bond acceptors (Lipinski definition) is 2. The molecule has 1 aliphatic carbocycles. The van der Waals surface area contributed by atoms with Crippen molar-refractivity contribution in [2.75, 3.05) is 11.9 Å². The Morgan fingerprint density at radius 3 is 2.38 bits per heavy atom. The molecule has 0 aromatic heterocycles. The molecule has 0 bridgehead atoms. The number of amides is 2. The zero-order chi connectivity index (χ0) is 18.7. The van der Waals surface area contributed by atoms with Crippen LogP contribution in [0, 0.1) is 23.5 Å². The van der Waals surface area contributed by atoms with Crippen molar-refractivity contribution in [1.29, 1.82) is 0 Å². The molecule has 2 aromatic rings. The number of anilines is 1. The smallest absolute Gasteiger partial charge is 0.228 e. The minimum Gasteiger partial charge on any atom is -0.356 e. The van der Waals surface area contributed by atoms with Crippen molar-refractivity contribution < 1.29 is 18.4 Å². The van der Waals surface area contributed by atoms with Gasteiger partial charge in [0.25, 0.3) is 0 Å². The lowest BCUT2D eigenvalue weighted by molar-refractivity contribution is -0.125. The molecule has 1 saturated carbocycles. The molecular formula is C19H17ClF2N2O2. The second-order valence-corrected chi connectivity index (χ2v) is 6.64. The number of carbonyl (C=O) groups excluding carboxylic acids is 2. The Kier molecular flexibility index (Phi) is 5.52. The minimum atomic E-state index is -0.846. The van der Waals surface area contributed by atoms with Gasteiger partial charge in [-0.3, -0.25) is 9.59 Å². The summed E-state index contributed by atoms with van der Waals surface area (Å²) >= 11 is 5.90. The molecule has 7 heteroatoms. The van der Waals surface area contributed by atoms with Gasteiger partial charge in [0.15, 0.2) is 0 Å². The van der Waals surface area contributed by atoms with Crippen molar-refractivity contribution in [3.8, 4) is 0 Å². The summed E-state index contributed by atoms with van der Waals surface area (Å²) in [6, 6.07) is 10.7. The van der Waals surface area contributed by atoms with Crippen molar-refractivity contribution in [1.82, 2.24) is 5.32 Å². The Labute approximate surface area is 154 Å². The predicted molar refractivity (Wildman–Crippen MR) is 94.8 cm³/mol. The van der Waals surface area contributed by atoms with Crippen molar-refractivity contribution >= 4 is 29.1 Å². The Bertz CT molecular complexity index is 824. The van der Waals surface area contributed by atoms with Gasteiger partial charge in [-0.25, -0.2) is 8.78 Å². The summed E-state index contributed by atoms with van der Waals surface area (Å²) in [6.07, 6.45) is 0.987. The number of para-hydroxylation sites is 1. The molecule has 2 N–H and O–H groups in total. The summed E-state index contributed by atoms with van der Waals surface area (Å²) < 4.78 is 27.1. The molecule has 1 fully saturated rings. The van der Waals surface area contributed by atoms with Crippen LogP contribution in [0.25, 0.3) is 0 Å². The summed E-state index contributed by atoms with van der Waals surface area (Å²) in [5, 5.41) is 5.64. The summed E-state index contributed by atoms with van der Waals surface area (Å²) in [5.41, 5.74) is 0.516. The number of carbonyl (C=O) groups is 2. The Balaban J connectivity index is 1.47. The van der Waals surface area contributed by atoms with Gasteiger partial charge < -0.3 is 10.6 Å². The molecule has 2 amide bonds. The molecule has 0 saturated heterocycles. The van der Waals surface area contributed by atoms with E-state index >= 15 is 0 Å². The number of rotatable bonds is 6. The Hall–Kier alpha value is -2.47. The summed E-state index contributed by atoms with van der Waals surface area (Å²) in [7, 11) is 0. The number of hydrogen-bond donors (Lipinski definition) is 2. The van der Waals surface area contributed by atoms with E-state index in [4.69, 9.17) is 11.6 Å². The number of halogens is 3. The van der Waals surface area contributed by atoms with E-state index in [0.717, 1.165) is 17.7 Å². The van der Waals surface area contributed by atoms with E-state index in [1.54, 1.807) is 6.07 Å². The maximum Gasteiger partial charge on any atom is 0.228 e. The largest absolute Gasteiger partial charge is 0.356 e. The van der Waals surface area contributed by atoms with Crippen molar-refractivity contribution in [3.05, 3.63) is 64.7 Å². The van der Waals surface area contributed by atoms with E-state index < -0.39 is 35.1 Å². The fourth-order valence-electron chi connectivity index (χ4n) is 2.76. The lowest BCUT2D eigenvalue weighted by Crippen LogP contribution is -2.29. The first kappa shape index (κ1) is 18.3. The normalized spacial score (nSPS) is 18.3. The maximum atomic E-state index is 13.6. The Morgan fingerprint density at radius 2 is 1.69 bits per heavy atom. The van der Waals surface area contributed by atoms with Gasteiger partial charge >= 0.3 is 0 Å². The van der Waals surface area contributed by atoms with Crippen LogP contribution in [0.3, 0.4) is 0 Å². The monoisotopic (exact) mass is 378 g/mol. The van der Waals surface area contributed by atoms with Crippen LogP contribution in [-0.2, 0) is 16.0 Å². The Morgan fingerprint density at radius 1 is 1.04 bits per heavy atom. The van der Waals surface area contributed by atoms with Gasteiger partial charge in [-0.15, -0.1) is 0 Å². The van der Waals surface area contributed by atoms with Crippen molar-refractivity contribution in [3.63, 3.8) is 0 Å². The maximum absolute atomic E-state index is 13.6. The van der Waals surface area contributed by atoms with Crippen LogP contribution in [0.1, 0.15) is 12.0 Å². The van der Waals surface area contributed by atoms with Crippen LogP contribution in [0.15, 0.2) is 42.5 Å². The summed E-state index contributed by atoms with van der Waals surface area (Å²) in [6.45, 7) is 0.423. The second-order valence-electron chi connectivity index (χ2n) is 6.21. The lowest BCUT2D eigenvalue weighted by Gasteiger charge is -2.08. The van der Waals surface area contributed by atoms with Crippen LogP contribution in [-0.4, -0.2) is 18.4 Å². The molecule has 2 atom stereocenters. The quantitative estimate of drug-likeness (QED) is 0.807. The summed E-state index contributed by atoms with van der Waals surface area (Å²) in [5.74, 6) is -3.52. The predicted octanol–water partition coefficient (Wildman–Crippen LogP) is 3.55. The number of nitrogens with one attached hydrogen (secondary N) is 2. The molecule has 0 aliphatic heterocycles. The standard InChI is InChI=1S/C19H17ClF2N2O2/c20-12-4-1-3-11(9-12)7-8-23-18(25)13-10-14(13)19(26)24-17-15(21)5-2-6-16(17)22/h1-6,9,13-14H,7-8,10H2,(H,23,25)(H,24,26). The first-order valence-corrected chi connectivity index (χ1v) is 8.60. The molecule has 0 heterocycles. The average Bonchev–Trinajstić information content (AvgIpc) is 3.39. The van der Waals surface area contributed by atoms with Crippen LogP contribution in [0.5, 0.6) is 0 Å². The highest BCUT2D eigenvalue weighted by Gasteiger charge is 2.48. The summed E-state index contributed by atoms with van der Waals surface area (Å²) in [4.78, 5) is 24.2. The van der Waals surface area contributed by atoms with Gasteiger partial charge in [-0.2, -0.15) is 0 Å². The highest BCUT2D eigenvalue weighted by atomic mass is 35.5. The van der Waals surface area contributed by atoms with E-state index in [1.165, 1.54) is 6.07 Å². The van der Waals surface area contributed by atoms with Gasteiger partial charge in [0, 0.05) is 11.6 Å². The van der Waals surface area contributed by atoms with Crippen LogP contribution in [0.2, 0.25) is 5.02 Å². The first-order valence-electron chi connectivity index (χ1n) is 8.22. The third-order valence-corrected chi connectivity index (χ3v) is 4.51. The lowest BCUT2D eigenvalue weighted by atomic mass is 10.1. The molecule has 3 rings (SSSR count). The van der Waals surface area contributed by atoms with Crippen LogP contribution in [0.4, 0.5) is 14.5 Å². The van der Waals surface area contributed by atoms with E-state index in [9.17, 15) is 18.4 Å². The zero-order valence-electron chi connectivity index (χ0n) is 13.8. The topological polar surface area (TPSA) is 58.2 Å². The molecule has 2 aromatic carbocycles. The highest BCUT2D eigenvalue weighted by molar-refractivity contribution is 6.30. The fourth-order valence-corrected chi connectivity index (χ4v) is 2.97. The van der Waals surface area contributed by atoms with Gasteiger partial charge in [-0.1, -0.05) is 29.8 Å². The third-order valence-electron chi connectivity index (χ3n) is 4.28. The third kappa shape index (κ3) is 4.38. The van der Waals surface area contributed by atoms with E-state index in [1.807, 2.05) is 18.2 Å². The van der Waals surface area contributed by atoms with Crippen LogP contribution < -0.4 is 10.6 Å². The van der Waals surface area contributed by atoms with Gasteiger partial charge in [0.05, 0.1) is 11.8 Å². The minimum absolute atomic E-state index is 0.235. The van der Waals surface area contributed by atoms with Crippen molar-refractivity contribution in [2.24, 2.45) is 11.8 Å². The van der Waals surface area contributed by atoms with E-state index in [-0.39, 0.29) is 5.91 Å². The molecule has 26 heavy (non-hydrogen) atoms. The molecule has 2 unspecified atom stereocenters. The molecule has 4 nitrogen and oxygen atoms in total. The van der Waals surface area contributed by atoms with Gasteiger partial charge in [-0.05, 0) is 42.7 Å². The van der Waals surface area contributed by atoms with Gasteiger partial charge in [0.1, 0.15) is 17.3 Å². The average molecular weight is 379 g/mol.